The largest absolute Gasteiger partial charge is 0.465 e. The second-order valence-electron chi connectivity index (χ2n) is 6.18. The first kappa shape index (κ1) is 21.4. The van der Waals surface area contributed by atoms with Crippen molar-refractivity contribution in [3.8, 4) is 0 Å². The topological polar surface area (TPSA) is 82.5 Å². The number of fused-ring (bicyclic) bond motifs is 2. The molecule has 0 unspecified atom stereocenters. The van der Waals surface area contributed by atoms with Crippen LogP contribution in [0.3, 0.4) is 0 Å². The molecule has 7 nitrogen and oxygen atoms in total. The van der Waals surface area contributed by atoms with E-state index in [1.54, 1.807) is 42.9 Å². The number of anilines is 1. The summed E-state index contributed by atoms with van der Waals surface area (Å²) >= 11 is 7.81. The van der Waals surface area contributed by atoms with Crippen LogP contribution < -0.4 is 10.7 Å². The van der Waals surface area contributed by atoms with Gasteiger partial charge in [0.25, 0.3) is 0 Å². The van der Waals surface area contributed by atoms with E-state index in [4.69, 9.17) is 21.1 Å². The molecule has 0 saturated heterocycles. The molecule has 9 heteroatoms. The summed E-state index contributed by atoms with van der Waals surface area (Å²) in [4.78, 5) is 30.8. The van der Waals surface area contributed by atoms with Gasteiger partial charge in [-0.15, -0.1) is 11.8 Å². The zero-order valence-electron chi connectivity index (χ0n) is 16.5. The molecule has 0 radical (unpaired) electrons. The molecule has 0 bridgehead atoms. The second kappa shape index (κ2) is 9.47. The quantitative estimate of drug-likeness (QED) is 0.251. The van der Waals surface area contributed by atoms with Gasteiger partial charge in [-0.2, -0.15) is 0 Å². The second-order valence-corrected chi connectivity index (χ2v) is 7.41. The number of ether oxygens (including phenoxy) is 2. The Kier molecular flexibility index (Phi) is 7.00. The van der Waals surface area contributed by atoms with Gasteiger partial charge in [-0.1, -0.05) is 11.6 Å². The highest BCUT2D eigenvalue weighted by Crippen LogP contribution is 2.34. The molecular weight excluding hydrogens is 414 g/mol. The van der Waals surface area contributed by atoms with Gasteiger partial charge in [0.05, 0.1) is 34.0 Å². The lowest BCUT2D eigenvalue weighted by Gasteiger charge is -2.17. The monoisotopic (exact) mass is 435 g/mol. The number of pyridine rings is 2. The van der Waals surface area contributed by atoms with Crippen molar-refractivity contribution in [1.82, 2.24) is 9.55 Å². The molecule has 0 aliphatic heterocycles. The molecule has 1 N–H and O–H groups in total. The minimum Gasteiger partial charge on any atom is -0.465 e. The Morgan fingerprint density at radius 2 is 2.03 bits per heavy atom. The Morgan fingerprint density at radius 3 is 2.72 bits per heavy atom. The summed E-state index contributed by atoms with van der Waals surface area (Å²) in [6.07, 6.45) is 1.88. The molecule has 3 rings (SSSR count). The predicted octanol–water partition coefficient (Wildman–Crippen LogP) is 3.55. The molecular formula is C20H22ClN3O4S. The van der Waals surface area contributed by atoms with Crippen molar-refractivity contribution < 1.29 is 14.3 Å². The number of carbonyl (C=O) groups is 1. The van der Waals surface area contributed by atoms with Crippen molar-refractivity contribution in [2.45, 2.75) is 18.4 Å². The summed E-state index contributed by atoms with van der Waals surface area (Å²) in [5, 5.41) is 4.57. The van der Waals surface area contributed by atoms with Gasteiger partial charge < -0.3 is 19.4 Å². The molecule has 1 aromatic carbocycles. The lowest BCUT2D eigenvalue weighted by Crippen LogP contribution is -2.20. The average Bonchev–Trinajstić information content (AvgIpc) is 2.71. The Bertz CT molecular complexity index is 1120. The van der Waals surface area contributed by atoms with Crippen LogP contribution in [0.2, 0.25) is 5.02 Å². The number of halogens is 1. The van der Waals surface area contributed by atoms with Crippen LogP contribution in [0.1, 0.15) is 6.92 Å². The number of aromatic nitrogens is 2. The minimum atomic E-state index is -0.412. The van der Waals surface area contributed by atoms with Crippen LogP contribution in [0.15, 0.2) is 34.0 Å². The summed E-state index contributed by atoms with van der Waals surface area (Å²) in [5.41, 5.74) is 0.825. The molecule has 2 aromatic heterocycles. The van der Waals surface area contributed by atoms with Gasteiger partial charge >= 0.3 is 5.97 Å². The van der Waals surface area contributed by atoms with E-state index in [9.17, 15) is 9.59 Å². The average molecular weight is 436 g/mol. The summed E-state index contributed by atoms with van der Waals surface area (Å²) in [7, 11) is 1.62. The van der Waals surface area contributed by atoms with E-state index in [-0.39, 0.29) is 18.6 Å². The molecule has 0 fully saturated rings. The van der Waals surface area contributed by atoms with Gasteiger partial charge in [0.1, 0.15) is 18.0 Å². The van der Waals surface area contributed by atoms with Crippen LogP contribution in [0.4, 0.5) is 5.82 Å². The molecule has 0 spiro atoms. The minimum absolute atomic E-state index is 0.0798. The van der Waals surface area contributed by atoms with Crippen molar-refractivity contribution in [3.63, 3.8) is 0 Å². The van der Waals surface area contributed by atoms with Gasteiger partial charge in [0, 0.05) is 19.0 Å². The van der Waals surface area contributed by atoms with E-state index in [0.29, 0.717) is 50.8 Å². The summed E-state index contributed by atoms with van der Waals surface area (Å²) in [6, 6.07) is 6.84. The van der Waals surface area contributed by atoms with Crippen LogP contribution in [-0.4, -0.2) is 48.6 Å². The smallest absolute Gasteiger partial charge is 0.326 e. The summed E-state index contributed by atoms with van der Waals surface area (Å²) in [6.45, 7) is 3.01. The maximum absolute atomic E-state index is 13.1. The van der Waals surface area contributed by atoms with Crippen LogP contribution in [-0.2, 0) is 20.8 Å². The third-order valence-electron chi connectivity index (χ3n) is 4.38. The van der Waals surface area contributed by atoms with Crippen molar-refractivity contribution in [2.75, 3.05) is 38.4 Å². The Hall–Kier alpha value is -2.29. The van der Waals surface area contributed by atoms with Gasteiger partial charge in [-0.3, -0.25) is 9.59 Å². The van der Waals surface area contributed by atoms with Crippen LogP contribution in [0.5, 0.6) is 0 Å². The highest BCUT2D eigenvalue weighted by Gasteiger charge is 2.19. The van der Waals surface area contributed by atoms with Gasteiger partial charge in [-0.05, 0) is 37.4 Å². The number of methoxy groups -OCH3 is 1. The first-order valence-electron chi connectivity index (χ1n) is 9.10. The summed E-state index contributed by atoms with van der Waals surface area (Å²) in [5.74, 6) is 0.170. The molecule has 154 valence electrons. The molecule has 0 aliphatic rings. The van der Waals surface area contributed by atoms with E-state index < -0.39 is 5.97 Å². The van der Waals surface area contributed by atoms with Crippen molar-refractivity contribution in [2.24, 2.45) is 0 Å². The lowest BCUT2D eigenvalue weighted by molar-refractivity contribution is -0.143. The van der Waals surface area contributed by atoms with Gasteiger partial charge in [0.15, 0.2) is 5.43 Å². The third-order valence-corrected chi connectivity index (χ3v) is 5.63. The number of rotatable bonds is 8. The zero-order chi connectivity index (χ0) is 21.0. The fourth-order valence-electron chi connectivity index (χ4n) is 3.14. The van der Waals surface area contributed by atoms with Crippen molar-refractivity contribution in [3.05, 3.63) is 39.5 Å². The van der Waals surface area contributed by atoms with E-state index in [2.05, 4.69) is 10.3 Å². The normalized spacial score (nSPS) is 11.2. The number of carbonyl (C=O) groups excluding carboxylic acids is 1. The van der Waals surface area contributed by atoms with Crippen molar-refractivity contribution in [1.29, 1.82) is 0 Å². The number of esters is 1. The highest BCUT2D eigenvalue weighted by atomic mass is 35.5. The van der Waals surface area contributed by atoms with Crippen molar-refractivity contribution >= 4 is 57.1 Å². The number of nitrogens with zero attached hydrogens (tertiary/aromatic N) is 2. The van der Waals surface area contributed by atoms with Crippen LogP contribution in [0, 0.1) is 0 Å². The first-order valence-corrected chi connectivity index (χ1v) is 10.7. The predicted molar refractivity (Wildman–Crippen MR) is 117 cm³/mol. The van der Waals surface area contributed by atoms with Gasteiger partial charge in [0.2, 0.25) is 0 Å². The Balaban J connectivity index is 2.32. The van der Waals surface area contributed by atoms with Gasteiger partial charge in [-0.25, -0.2) is 4.98 Å². The van der Waals surface area contributed by atoms with E-state index in [0.717, 1.165) is 0 Å². The van der Waals surface area contributed by atoms with E-state index >= 15 is 0 Å². The van der Waals surface area contributed by atoms with E-state index in [1.807, 2.05) is 6.26 Å². The molecule has 0 atom stereocenters. The molecule has 0 amide bonds. The zero-order valence-corrected chi connectivity index (χ0v) is 18.0. The van der Waals surface area contributed by atoms with Crippen LogP contribution >= 0.6 is 23.4 Å². The van der Waals surface area contributed by atoms with E-state index in [1.165, 1.54) is 11.8 Å². The SMILES string of the molecule is CCOC(=O)Cn1c2nc(NCCOC)ccc2c(=O)c2ccc(Cl)c(SC)c21. The fraction of sp³-hybridized carbons (Fsp3) is 0.350. The maximum Gasteiger partial charge on any atom is 0.326 e. The summed E-state index contributed by atoms with van der Waals surface area (Å²) < 4.78 is 11.9. The number of hydrogen-bond donors (Lipinski definition) is 1. The molecule has 2 heterocycles. The highest BCUT2D eigenvalue weighted by molar-refractivity contribution is 7.99. The Morgan fingerprint density at radius 1 is 1.28 bits per heavy atom. The Labute approximate surface area is 177 Å². The van der Waals surface area contributed by atoms with Crippen LogP contribution in [0.25, 0.3) is 21.9 Å². The molecule has 0 aliphatic carbocycles. The molecule has 3 aromatic rings. The number of nitrogens with one attached hydrogen (secondary N) is 1. The molecule has 0 saturated carbocycles. The number of thioether (sulfide) groups is 1. The molecule has 29 heavy (non-hydrogen) atoms. The third kappa shape index (κ3) is 4.34. The number of benzene rings is 1. The lowest BCUT2D eigenvalue weighted by atomic mass is 10.1. The number of hydrogen-bond acceptors (Lipinski definition) is 7. The fourth-order valence-corrected chi connectivity index (χ4v) is 4.20. The maximum atomic E-state index is 13.1. The first-order chi connectivity index (χ1) is 14.0. The standard InChI is InChI=1S/C20H22ClN3O4S/c1-4-28-16(25)11-24-17-12(5-7-14(21)19(17)29-3)18(26)13-6-8-15(23-20(13)24)22-9-10-27-2/h5-8H,4,9-11H2,1-3H3,(H,22,23).